The van der Waals surface area contributed by atoms with Gasteiger partial charge in [-0.15, -0.1) is 11.3 Å². The van der Waals surface area contributed by atoms with Crippen molar-refractivity contribution in [3.05, 3.63) is 33.5 Å². The summed E-state index contributed by atoms with van der Waals surface area (Å²) in [6.07, 6.45) is 0. The number of halogens is 1. The number of methoxy groups -OCH3 is 1. The summed E-state index contributed by atoms with van der Waals surface area (Å²) >= 11 is 6.50. The zero-order valence-electron chi connectivity index (χ0n) is 13.6. The first-order valence-electron chi connectivity index (χ1n) is 7.04. The number of sulfonamides is 1. The minimum Gasteiger partial charge on any atom is -0.493 e. The number of carboxylic acid groups (broad SMARTS) is 1. The zero-order valence-corrected chi connectivity index (χ0v) is 16.0. The van der Waals surface area contributed by atoms with Gasteiger partial charge in [0, 0.05) is 13.1 Å². The van der Waals surface area contributed by atoms with Crippen molar-refractivity contribution in [2.75, 3.05) is 25.1 Å². The number of anilines is 1. The van der Waals surface area contributed by atoms with Crippen molar-refractivity contribution >= 4 is 44.6 Å². The van der Waals surface area contributed by atoms with Gasteiger partial charge in [0.1, 0.15) is 9.77 Å². The summed E-state index contributed by atoms with van der Waals surface area (Å²) in [6.45, 7) is 2.25. The monoisotopic (exact) mass is 405 g/mol. The van der Waals surface area contributed by atoms with Crippen molar-refractivity contribution in [3.8, 4) is 11.5 Å². The molecule has 0 saturated heterocycles. The van der Waals surface area contributed by atoms with Crippen LogP contribution in [0.5, 0.6) is 11.5 Å². The molecular weight excluding hydrogens is 390 g/mol. The van der Waals surface area contributed by atoms with Gasteiger partial charge in [-0.1, -0.05) is 11.6 Å². The fourth-order valence-corrected chi connectivity index (χ4v) is 4.91. The molecule has 0 saturated carbocycles. The Labute approximate surface area is 154 Å². The lowest BCUT2D eigenvalue weighted by Crippen LogP contribution is -2.27. The highest BCUT2D eigenvalue weighted by atomic mass is 35.5. The quantitative estimate of drug-likeness (QED) is 0.759. The average Bonchev–Trinajstić information content (AvgIpc) is 2.98. The van der Waals surface area contributed by atoms with Gasteiger partial charge in [0.2, 0.25) is 0 Å². The van der Waals surface area contributed by atoms with E-state index in [2.05, 4.69) is 0 Å². The highest BCUT2D eigenvalue weighted by molar-refractivity contribution is 7.93. The second kappa shape index (κ2) is 7.51. The maximum Gasteiger partial charge on any atom is 0.347 e. The molecule has 0 aliphatic carbocycles. The van der Waals surface area contributed by atoms with Crippen molar-refractivity contribution in [1.82, 2.24) is 0 Å². The first-order chi connectivity index (χ1) is 11.7. The zero-order chi connectivity index (χ0) is 18.8. The molecule has 1 aromatic carbocycles. The van der Waals surface area contributed by atoms with Gasteiger partial charge in [-0.2, -0.15) is 0 Å². The first-order valence-corrected chi connectivity index (χ1v) is 9.68. The number of carboxylic acids is 1. The SMILES string of the molecule is CCOc1ccc(N(C)S(=O)(=O)c2cc(Cl)sc2C(=O)O)cc1OC. The van der Waals surface area contributed by atoms with E-state index in [1.54, 1.807) is 12.1 Å². The van der Waals surface area contributed by atoms with Crippen LogP contribution in [0.2, 0.25) is 4.34 Å². The van der Waals surface area contributed by atoms with E-state index < -0.39 is 16.0 Å². The molecule has 0 aliphatic rings. The van der Waals surface area contributed by atoms with E-state index in [1.165, 1.54) is 20.2 Å². The Morgan fingerprint density at radius 1 is 1.32 bits per heavy atom. The smallest absolute Gasteiger partial charge is 0.347 e. The van der Waals surface area contributed by atoms with E-state index in [0.29, 0.717) is 35.1 Å². The largest absolute Gasteiger partial charge is 0.493 e. The Morgan fingerprint density at radius 2 is 2.00 bits per heavy atom. The third-order valence-electron chi connectivity index (χ3n) is 3.31. The van der Waals surface area contributed by atoms with Crippen molar-refractivity contribution in [2.45, 2.75) is 11.8 Å². The number of nitrogens with zero attached hydrogens (tertiary/aromatic N) is 1. The summed E-state index contributed by atoms with van der Waals surface area (Å²) in [4.78, 5) is 10.6. The topological polar surface area (TPSA) is 93.1 Å². The summed E-state index contributed by atoms with van der Waals surface area (Å²) in [5, 5.41) is 9.20. The van der Waals surface area contributed by atoms with Crippen LogP contribution in [0.4, 0.5) is 5.69 Å². The minimum atomic E-state index is -4.11. The summed E-state index contributed by atoms with van der Waals surface area (Å²) in [5.41, 5.74) is 0.291. The van der Waals surface area contributed by atoms with Gasteiger partial charge in [0.05, 0.1) is 23.7 Å². The molecule has 0 unspecified atom stereocenters. The number of hydrogen-bond donors (Lipinski definition) is 1. The number of benzene rings is 1. The van der Waals surface area contributed by atoms with E-state index in [9.17, 15) is 18.3 Å². The van der Waals surface area contributed by atoms with Crippen molar-refractivity contribution < 1.29 is 27.8 Å². The number of rotatable bonds is 7. The number of thiophene rings is 1. The average molecular weight is 406 g/mol. The molecule has 0 spiro atoms. The van der Waals surface area contributed by atoms with Gasteiger partial charge in [-0.3, -0.25) is 4.31 Å². The molecule has 10 heteroatoms. The normalized spacial score (nSPS) is 11.2. The molecule has 0 fully saturated rings. The molecule has 1 aromatic heterocycles. The molecule has 1 N–H and O–H groups in total. The molecule has 0 bridgehead atoms. The van der Waals surface area contributed by atoms with Gasteiger partial charge < -0.3 is 14.6 Å². The molecule has 0 radical (unpaired) electrons. The van der Waals surface area contributed by atoms with Crippen LogP contribution in [0.1, 0.15) is 16.6 Å². The Kier molecular flexibility index (Phi) is 5.81. The first kappa shape index (κ1) is 19.4. The van der Waals surface area contributed by atoms with Crippen molar-refractivity contribution in [2.24, 2.45) is 0 Å². The van der Waals surface area contributed by atoms with Crippen LogP contribution in [-0.4, -0.2) is 40.3 Å². The summed E-state index contributed by atoms with van der Waals surface area (Å²) in [7, 11) is -1.35. The van der Waals surface area contributed by atoms with Crippen LogP contribution in [0, 0.1) is 0 Å². The fourth-order valence-electron chi connectivity index (χ4n) is 2.10. The number of hydrogen-bond acceptors (Lipinski definition) is 6. The molecule has 1 heterocycles. The van der Waals surface area contributed by atoms with E-state index >= 15 is 0 Å². The molecule has 2 aromatic rings. The standard InChI is InChI=1S/C15H16ClNO6S2/c1-4-23-10-6-5-9(7-11(10)22-3)17(2)25(20,21)12-8-13(16)24-14(12)15(18)19/h5-8H,4H2,1-3H3,(H,18,19). The van der Waals surface area contributed by atoms with Crippen LogP contribution >= 0.6 is 22.9 Å². The molecule has 0 atom stereocenters. The van der Waals surface area contributed by atoms with Crippen molar-refractivity contribution in [3.63, 3.8) is 0 Å². The fraction of sp³-hybridized carbons (Fsp3) is 0.267. The van der Waals surface area contributed by atoms with Crippen LogP contribution in [0.3, 0.4) is 0 Å². The van der Waals surface area contributed by atoms with Crippen LogP contribution in [0.15, 0.2) is 29.2 Å². The third-order valence-corrected chi connectivity index (χ3v) is 6.50. The van der Waals surface area contributed by atoms with Crippen molar-refractivity contribution in [1.29, 1.82) is 0 Å². The summed E-state index contributed by atoms with van der Waals surface area (Å²) < 4.78 is 37.3. The highest BCUT2D eigenvalue weighted by Gasteiger charge is 2.30. The van der Waals surface area contributed by atoms with E-state index in [0.717, 1.165) is 10.4 Å². The van der Waals surface area contributed by atoms with E-state index in [1.807, 2.05) is 6.92 Å². The van der Waals surface area contributed by atoms with Crippen LogP contribution < -0.4 is 13.8 Å². The maximum atomic E-state index is 12.8. The highest BCUT2D eigenvalue weighted by Crippen LogP contribution is 2.36. The molecule has 25 heavy (non-hydrogen) atoms. The predicted molar refractivity (Wildman–Crippen MR) is 96.0 cm³/mol. The lowest BCUT2D eigenvalue weighted by molar-refractivity contribution is 0.0698. The Morgan fingerprint density at radius 3 is 2.56 bits per heavy atom. The molecule has 2 rings (SSSR count). The van der Waals surface area contributed by atoms with Gasteiger partial charge in [0.25, 0.3) is 10.0 Å². The van der Waals surface area contributed by atoms with Crippen LogP contribution in [-0.2, 0) is 10.0 Å². The second-order valence-electron chi connectivity index (χ2n) is 4.79. The Hall–Kier alpha value is -1.97. The molecular formula is C15H16ClNO6S2. The molecule has 7 nitrogen and oxygen atoms in total. The molecule has 0 amide bonds. The minimum absolute atomic E-state index is 0.0775. The number of aromatic carboxylic acids is 1. The maximum absolute atomic E-state index is 12.8. The van der Waals surface area contributed by atoms with Gasteiger partial charge in [0.15, 0.2) is 11.5 Å². The number of carbonyl (C=O) groups is 1. The third kappa shape index (κ3) is 3.83. The van der Waals surface area contributed by atoms with Gasteiger partial charge >= 0.3 is 5.97 Å². The van der Waals surface area contributed by atoms with E-state index in [4.69, 9.17) is 21.1 Å². The van der Waals surface area contributed by atoms with Gasteiger partial charge in [-0.25, -0.2) is 13.2 Å². The summed E-state index contributed by atoms with van der Waals surface area (Å²) in [6, 6.07) is 5.76. The van der Waals surface area contributed by atoms with Crippen LogP contribution in [0.25, 0.3) is 0 Å². The Bertz CT molecular complexity index is 893. The lowest BCUT2D eigenvalue weighted by atomic mass is 10.3. The molecule has 0 aliphatic heterocycles. The number of ether oxygens (including phenoxy) is 2. The summed E-state index contributed by atoms with van der Waals surface area (Å²) in [5.74, 6) is -0.513. The van der Waals surface area contributed by atoms with E-state index in [-0.39, 0.29) is 14.1 Å². The second-order valence-corrected chi connectivity index (χ2v) is 8.41. The molecule has 136 valence electrons. The predicted octanol–water partition coefficient (Wildman–Crippen LogP) is 3.33. The Balaban J connectivity index is 2.49. The van der Waals surface area contributed by atoms with Gasteiger partial charge in [-0.05, 0) is 25.1 Å². The lowest BCUT2D eigenvalue weighted by Gasteiger charge is -2.20.